The van der Waals surface area contributed by atoms with E-state index in [0.717, 1.165) is 0 Å². The van der Waals surface area contributed by atoms with Gasteiger partial charge >= 0.3 is 0 Å². The molecule has 0 atom stereocenters. The van der Waals surface area contributed by atoms with E-state index >= 15 is 0 Å². The Balaban J connectivity index is 1.44. The van der Waals surface area contributed by atoms with Gasteiger partial charge in [0.1, 0.15) is 11.5 Å². The Morgan fingerprint density at radius 2 is 0.968 bits per heavy atom. The minimum Gasteiger partial charge on any atom is -0.439 e. The van der Waals surface area contributed by atoms with E-state index in [1.165, 1.54) is 0 Å². The lowest BCUT2D eigenvalue weighted by Crippen LogP contribution is -2.10. The van der Waals surface area contributed by atoms with E-state index < -0.39 is 9.84 Å². The molecule has 4 rings (SSSR count). The average Bonchev–Trinajstić information content (AvgIpc) is 2.75. The number of benzene rings is 2. The summed E-state index contributed by atoms with van der Waals surface area (Å²) >= 11 is 0. The first kappa shape index (κ1) is 20.6. The molecule has 31 heavy (non-hydrogen) atoms. The molecule has 0 radical (unpaired) electrons. The number of para-hydroxylation sites is 2. The van der Waals surface area contributed by atoms with Gasteiger partial charge in [0.25, 0.3) is 0 Å². The van der Waals surface area contributed by atoms with Crippen molar-refractivity contribution in [3.05, 3.63) is 108 Å². The lowest BCUT2D eigenvalue weighted by Gasteiger charge is -2.09. The number of hydrogen-bond donors (Lipinski definition) is 0. The van der Waals surface area contributed by atoms with E-state index in [4.69, 9.17) is 9.47 Å². The third-order valence-electron chi connectivity index (χ3n) is 4.23. The molecule has 2 aromatic carbocycles. The largest absolute Gasteiger partial charge is 0.439 e. The highest BCUT2D eigenvalue weighted by Crippen LogP contribution is 2.22. The minimum absolute atomic E-state index is 0.218. The van der Waals surface area contributed by atoms with Crippen molar-refractivity contribution in [2.45, 2.75) is 11.5 Å². The summed E-state index contributed by atoms with van der Waals surface area (Å²) in [4.78, 5) is 8.64. The van der Waals surface area contributed by atoms with Crippen LogP contribution in [0.5, 0.6) is 23.3 Å². The van der Waals surface area contributed by atoms with Crippen LogP contribution in [0.15, 0.2) is 97.1 Å². The molecule has 156 valence electrons. The van der Waals surface area contributed by atoms with E-state index in [1.54, 1.807) is 60.7 Å². The topological polar surface area (TPSA) is 78.4 Å². The first-order valence-electron chi connectivity index (χ1n) is 9.64. The predicted molar refractivity (Wildman–Crippen MR) is 118 cm³/mol. The highest BCUT2D eigenvalue weighted by atomic mass is 32.2. The first-order chi connectivity index (χ1) is 15.1. The number of pyridine rings is 2. The summed E-state index contributed by atoms with van der Waals surface area (Å²) < 4.78 is 36.9. The predicted octanol–water partition coefficient (Wildman–Crippen LogP) is 5.18. The number of hydrogen-bond acceptors (Lipinski definition) is 6. The van der Waals surface area contributed by atoms with Crippen molar-refractivity contribution in [3.63, 3.8) is 0 Å². The third-order valence-corrected chi connectivity index (χ3v) is 5.70. The standard InChI is InChI=1S/C24H20N2O4S/c27-31(28,17-19-9-7-15-23(25-19)29-21-11-3-1-4-12-21)18-20-10-8-16-24(26-20)30-22-13-5-2-6-14-22/h1-16H,17-18H2. The molecule has 2 aromatic heterocycles. The Hall–Kier alpha value is -3.71. The second-order valence-corrected chi connectivity index (χ2v) is 8.86. The van der Waals surface area contributed by atoms with E-state index in [2.05, 4.69) is 9.97 Å². The summed E-state index contributed by atoms with van der Waals surface area (Å²) in [6.07, 6.45) is 0. The number of rotatable bonds is 8. The smallest absolute Gasteiger partial charge is 0.219 e. The van der Waals surface area contributed by atoms with Crippen molar-refractivity contribution in [2.75, 3.05) is 0 Å². The van der Waals surface area contributed by atoms with Gasteiger partial charge < -0.3 is 9.47 Å². The third kappa shape index (κ3) is 6.13. The van der Waals surface area contributed by atoms with Crippen molar-refractivity contribution >= 4 is 9.84 Å². The molecular formula is C24H20N2O4S. The lowest BCUT2D eigenvalue weighted by molar-refractivity contribution is 0.461. The molecule has 6 nitrogen and oxygen atoms in total. The van der Waals surface area contributed by atoms with Crippen molar-refractivity contribution in [3.8, 4) is 23.3 Å². The van der Waals surface area contributed by atoms with Crippen molar-refractivity contribution in [2.24, 2.45) is 0 Å². The summed E-state index contributed by atoms with van der Waals surface area (Å²) in [7, 11) is -3.50. The Labute approximate surface area is 181 Å². The van der Waals surface area contributed by atoms with Crippen LogP contribution in [0.1, 0.15) is 11.4 Å². The van der Waals surface area contributed by atoms with E-state index in [-0.39, 0.29) is 11.5 Å². The van der Waals surface area contributed by atoms with Crippen LogP contribution in [0.25, 0.3) is 0 Å². The number of nitrogens with zero attached hydrogens (tertiary/aromatic N) is 2. The monoisotopic (exact) mass is 432 g/mol. The molecule has 0 amide bonds. The highest BCUT2D eigenvalue weighted by molar-refractivity contribution is 7.89. The van der Waals surface area contributed by atoms with Crippen molar-refractivity contribution < 1.29 is 17.9 Å². The maximum absolute atomic E-state index is 12.7. The van der Waals surface area contributed by atoms with Crippen LogP contribution in [0.4, 0.5) is 0 Å². The molecule has 0 aliphatic rings. The molecule has 0 bridgehead atoms. The van der Waals surface area contributed by atoms with Crippen LogP contribution in [0.2, 0.25) is 0 Å². The summed E-state index contributed by atoms with van der Waals surface area (Å²) in [6.45, 7) is 0. The number of sulfone groups is 1. The molecule has 0 N–H and O–H groups in total. The van der Waals surface area contributed by atoms with Gasteiger partial charge in [-0.05, 0) is 36.4 Å². The van der Waals surface area contributed by atoms with Crippen LogP contribution < -0.4 is 9.47 Å². The van der Waals surface area contributed by atoms with Gasteiger partial charge in [-0.3, -0.25) is 0 Å². The SMILES string of the molecule is O=S(=O)(Cc1cccc(Oc2ccccc2)n1)Cc1cccc(Oc2ccccc2)n1. The quantitative estimate of drug-likeness (QED) is 0.382. The molecule has 0 saturated carbocycles. The van der Waals surface area contributed by atoms with Crippen LogP contribution >= 0.6 is 0 Å². The molecule has 2 heterocycles. The Kier molecular flexibility index (Phi) is 6.24. The summed E-state index contributed by atoms with van der Waals surface area (Å²) in [5, 5.41) is 0. The maximum Gasteiger partial charge on any atom is 0.219 e. The van der Waals surface area contributed by atoms with Crippen LogP contribution in [-0.2, 0) is 21.3 Å². The maximum atomic E-state index is 12.7. The molecule has 0 fully saturated rings. The highest BCUT2D eigenvalue weighted by Gasteiger charge is 2.16. The molecule has 0 spiro atoms. The Morgan fingerprint density at radius 1 is 0.548 bits per heavy atom. The zero-order valence-electron chi connectivity index (χ0n) is 16.6. The summed E-state index contributed by atoms with van der Waals surface area (Å²) in [5.74, 6) is 1.52. The minimum atomic E-state index is -3.50. The normalized spacial score (nSPS) is 11.1. The molecule has 0 aliphatic carbocycles. The van der Waals surface area contributed by atoms with Gasteiger partial charge in [0.15, 0.2) is 9.84 Å². The van der Waals surface area contributed by atoms with Crippen LogP contribution in [0, 0.1) is 0 Å². The Bertz CT molecular complexity index is 1150. The van der Waals surface area contributed by atoms with Crippen molar-refractivity contribution in [1.29, 1.82) is 0 Å². The zero-order chi connectivity index (χ0) is 21.5. The van der Waals surface area contributed by atoms with Gasteiger partial charge in [-0.1, -0.05) is 48.5 Å². The second kappa shape index (κ2) is 9.40. The molecule has 0 unspecified atom stereocenters. The van der Waals surface area contributed by atoms with Gasteiger partial charge in [0, 0.05) is 12.1 Å². The lowest BCUT2D eigenvalue weighted by atomic mass is 10.3. The van der Waals surface area contributed by atoms with Gasteiger partial charge in [-0.25, -0.2) is 18.4 Å². The molecule has 0 saturated heterocycles. The fourth-order valence-corrected chi connectivity index (χ4v) is 4.23. The second-order valence-electron chi connectivity index (χ2n) is 6.80. The van der Waals surface area contributed by atoms with Crippen LogP contribution in [-0.4, -0.2) is 18.4 Å². The van der Waals surface area contributed by atoms with Gasteiger partial charge in [-0.15, -0.1) is 0 Å². The zero-order valence-corrected chi connectivity index (χ0v) is 17.4. The first-order valence-corrected chi connectivity index (χ1v) is 11.5. The molecule has 4 aromatic rings. The molecular weight excluding hydrogens is 412 g/mol. The average molecular weight is 433 g/mol. The summed E-state index contributed by atoms with van der Waals surface area (Å²) in [5.41, 5.74) is 0.815. The molecule has 7 heteroatoms. The molecule has 0 aliphatic heterocycles. The van der Waals surface area contributed by atoms with Crippen LogP contribution in [0.3, 0.4) is 0 Å². The van der Waals surface area contributed by atoms with Gasteiger partial charge in [0.2, 0.25) is 11.8 Å². The number of ether oxygens (including phenoxy) is 2. The summed E-state index contributed by atoms with van der Waals surface area (Å²) in [6, 6.07) is 28.6. The fourth-order valence-electron chi connectivity index (χ4n) is 2.91. The van der Waals surface area contributed by atoms with E-state index in [0.29, 0.717) is 34.6 Å². The van der Waals surface area contributed by atoms with Crippen molar-refractivity contribution in [1.82, 2.24) is 9.97 Å². The Morgan fingerprint density at radius 3 is 1.39 bits per heavy atom. The fraction of sp³-hybridized carbons (Fsp3) is 0.0833. The van der Waals surface area contributed by atoms with Gasteiger partial charge in [0.05, 0.1) is 22.9 Å². The number of aromatic nitrogens is 2. The van der Waals surface area contributed by atoms with E-state index in [9.17, 15) is 8.42 Å². The van der Waals surface area contributed by atoms with Gasteiger partial charge in [-0.2, -0.15) is 0 Å². The van der Waals surface area contributed by atoms with E-state index in [1.807, 2.05) is 36.4 Å².